The maximum absolute atomic E-state index is 12.8. The molecule has 0 saturated carbocycles. The number of nitrogens with zero attached hydrogens (tertiary/aromatic N) is 3. The number of likely N-dealkylation sites (tertiary alicyclic amines) is 1. The lowest BCUT2D eigenvalue weighted by molar-refractivity contribution is -0.0973. The molecule has 2 aliphatic rings. The average molecular weight is 380 g/mol. The van der Waals surface area contributed by atoms with Crippen LogP contribution < -0.4 is 5.32 Å². The summed E-state index contributed by atoms with van der Waals surface area (Å²) in [6.45, 7) is 1.90. The van der Waals surface area contributed by atoms with Gasteiger partial charge in [0.05, 0.1) is 30.6 Å². The Morgan fingerprint density at radius 1 is 0.929 bits per heavy atom. The van der Waals surface area contributed by atoms with Crippen molar-refractivity contribution in [2.45, 2.75) is 31.6 Å². The molecule has 0 aliphatic carbocycles. The van der Waals surface area contributed by atoms with Gasteiger partial charge >= 0.3 is 6.03 Å². The van der Waals surface area contributed by atoms with Crippen LogP contribution >= 0.6 is 0 Å². The summed E-state index contributed by atoms with van der Waals surface area (Å²) in [6.07, 6.45) is 2.66. The van der Waals surface area contributed by atoms with Crippen molar-refractivity contribution in [2.24, 2.45) is 10.2 Å². The molecule has 2 aromatic carbocycles. The van der Waals surface area contributed by atoms with Crippen molar-refractivity contribution in [3.05, 3.63) is 54.6 Å². The summed E-state index contributed by atoms with van der Waals surface area (Å²) in [5.41, 5.74) is 2.25. The normalized spacial score (nSPS) is 20.6. The molecule has 1 atom stereocenters. The van der Waals surface area contributed by atoms with Gasteiger partial charge < -0.3 is 19.7 Å². The SMILES string of the molecule is O=C(Nc1ccc(N=Nc2ccccc2)cc1)N1CCCCC1C1OCCO1. The van der Waals surface area contributed by atoms with Crippen LogP contribution in [-0.4, -0.2) is 43.0 Å². The molecule has 7 nitrogen and oxygen atoms in total. The van der Waals surface area contributed by atoms with E-state index in [1.807, 2.05) is 59.5 Å². The molecule has 146 valence electrons. The number of nitrogens with one attached hydrogen (secondary N) is 1. The van der Waals surface area contributed by atoms with Crippen molar-refractivity contribution >= 4 is 23.1 Å². The number of azo groups is 1. The van der Waals surface area contributed by atoms with Crippen LogP contribution in [0, 0.1) is 0 Å². The first-order chi connectivity index (χ1) is 13.8. The van der Waals surface area contributed by atoms with Crippen LogP contribution in [0.1, 0.15) is 19.3 Å². The molecule has 0 spiro atoms. The summed E-state index contributed by atoms with van der Waals surface area (Å²) in [5.74, 6) is 0. The average Bonchev–Trinajstić information content (AvgIpc) is 3.29. The molecule has 0 aromatic heterocycles. The summed E-state index contributed by atoms with van der Waals surface area (Å²) < 4.78 is 11.3. The van der Waals surface area contributed by atoms with E-state index in [0.717, 1.165) is 36.3 Å². The van der Waals surface area contributed by atoms with Crippen molar-refractivity contribution in [1.29, 1.82) is 0 Å². The first-order valence-corrected chi connectivity index (χ1v) is 9.67. The fourth-order valence-electron chi connectivity index (χ4n) is 3.51. The molecule has 1 N–H and O–H groups in total. The topological polar surface area (TPSA) is 75.5 Å². The highest BCUT2D eigenvalue weighted by molar-refractivity contribution is 5.89. The van der Waals surface area contributed by atoms with Crippen molar-refractivity contribution in [1.82, 2.24) is 4.90 Å². The molecule has 7 heteroatoms. The molecule has 2 heterocycles. The number of benzene rings is 2. The molecule has 28 heavy (non-hydrogen) atoms. The standard InChI is InChI=1S/C21H24N4O3/c26-21(25-13-5-4-8-19(25)20-27-14-15-28-20)22-16-9-11-18(12-10-16)24-23-17-6-2-1-3-7-17/h1-3,6-7,9-12,19-20H,4-5,8,13-15H2,(H,22,26). The van der Waals surface area contributed by atoms with E-state index < -0.39 is 0 Å². The first-order valence-electron chi connectivity index (χ1n) is 9.67. The van der Waals surface area contributed by atoms with Crippen LogP contribution in [0.4, 0.5) is 21.9 Å². The lowest BCUT2D eigenvalue weighted by atomic mass is 10.0. The zero-order chi connectivity index (χ0) is 19.2. The minimum Gasteiger partial charge on any atom is -0.348 e. The van der Waals surface area contributed by atoms with Crippen molar-refractivity contribution in [3.63, 3.8) is 0 Å². The van der Waals surface area contributed by atoms with Crippen LogP contribution in [-0.2, 0) is 9.47 Å². The second-order valence-electron chi connectivity index (χ2n) is 6.88. The van der Waals surface area contributed by atoms with Gasteiger partial charge in [-0.15, -0.1) is 0 Å². The smallest absolute Gasteiger partial charge is 0.322 e. The van der Waals surface area contributed by atoms with E-state index in [-0.39, 0.29) is 18.4 Å². The maximum atomic E-state index is 12.8. The molecule has 2 saturated heterocycles. The molecule has 1 unspecified atom stereocenters. The number of carbonyl (C=O) groups excluding carboxylic acids is 1. The predicted octanol–water partition coefficient (Wildman–Crippen LogP) is 4.86. The van der Waals surface area contributed by atoms with E-state index in [9.17, 15) is 4.79 Å². The fourth-order valence-corrected chi connectivity index (χ4v) is 3.51. The number of piperidine rings is 1. The third-order valence-corrected chi connectivity index (χ3v) is 4.93. The highest BCUT2D eigenvalue weighted by atomic mass is 16.7. The van der Waals surface area contributed by atoms with E-state index in [1.165, 1.54) is 0 Å². The Bertz CT molecular complexity index is 804. The molecular formula is C21H24N4O3. The molecule has 2 aromatic rings. The summed E-state index contributed by atoms with van der Waals surface area (Å²) in [5, 5.41) is 11.4. The predicted molar refractivity (Wildman–Crippen MR) is 106 cm³/mol. The van der Waals surface area contributed by atoms with Gasteiger partial charge in [0.25, 0.3) is 0 Å². The lowest BCUT2D eigenvalue weighted by Crippen LogP contribution is -2.51. The number of hydrogen-bond donors (Lipinski definition) is 1. The van der Waals surface area contributed by atoms with Gasteiger partial charge in [-0.25, -0.2) is 4.79 Å². The molecular weight excluding hydrogens is 356 g/mol. The van der Waals surface area contributed by atoms with E-state index in [1.54, 1.807) is 0 Å². The van der Waals surface area contributed by atoms with Crippen LogP contribution in [0.2, 0.25) is 0 Å². The van der Waals surface area contributed by atoms with Crippen molar-refractivity contribution in [2.75, 3.05) is 25.1 Å². The van der Waals surface area contributed by atoms with Gasteiger partial charge in [-0.05, 0) is 55.7 Å². The highest BCUT2D eigenvalue weighted by Crippen LogP contribution is 2.26. The van der Waals surface area contributed by atoms with Crippen LogP contribution in [0.5, 0.6) is 0 Å². The Hall–Kier alpha value is -2.77. The van der Waals surface area contributed by atoms with Crippen molar-refractivity contribution in [3.8, 4) is 0 Å². The Morgan fingerprint density at radius 3 is 2.32 bits per heavy atom. The second-order valence-corrected chi connectivity index (χ2v) is 6.88. The monoisotopic (exact) mass is 380 g/mol. The molecule has 0 radical (unpaired) electrons. The minimum atomic E-state index is -0.313. The summed E-state index contributed by atoms with van der Waals surface area (Å²) >= 11 is 0. The third kappa shape index (κ3) is 4.55. The fraction of sp³-hybridized carbons (Fsp3) is 0.381. The molecule has 4 rings (SSSR count). The third-order valence-electron chi connectivity index (χ3n) is 4.93. The van der Waals surface area contributed by atoms with Gasteiger partial charge in [-0.2, -0.15) is 10.2 Å². The lowest BCUT2D eigenvalue weighted by Gasteiger charge is -2.37. The van der Waals surface area contributed by atoms with Gasteiger partial charge in [0.1, 0.15) is 0 Å². The van der Waals surface area contributed by atoms with Gasteiger partial charge in [-0.1, -0.05) is 18.2 Å². The molecule has 0 bridgehead atoms. The van der Waals surface area contributed by atoms with Gasteiger partial charge in [0.15, 0.2) is 6.29 Å². The molecule has 2 amide bonds. The minimum absolute atomic E-state index is 0.0322. The van der Waals surface area contributed by atoms with E-state index in [0.29, 0.717) is 19.8 Å². The van der Waals surface area contributed by atoms with E-state index in [4.69, 9.17) is 9.47 Å². The van der Waals surface area contributed by atoms with Gasteiger partial charge in [0.2, 0.25) is 0 Å². The maximum Gasteiger partial charge on any atom is 0.322 e. The Morgan fingerprint density at radius 2 is 1.61 bits per heavy atom. The molecule has 2 aliphatic heterocycles. The van der Waals surface area contributed by atoms with Gasteiger partial charge in [-0.3, -0.25) is 0 Å². The highest BCUT2D eigenvalue weighted by Gasteiger charge is 2.36. The number of amides is 2. The first kappa shape index (κ1) is 18.6. The zero-order valence-corrected chi connectivity index (χ0v) is 15.7. The number of anilines is 1. The summed E-state index contributed by atoms with van der Waals surface area (Å²) in [4.78, 5) is 14.6. The number of rotatable bonds is 4. The summed E-state index contributed by atoms with van der Waals surface area (Å²) in [6, 6.07) is 16.7. The number of carbonyl (C=O) groups is 1. The Labute approximate surface area is 164 Å². The number of hydrogen-bond acceptors (Lipinski definition) is 5. The Balaban J connectivity index is 1.38. The van der Waals surface area contributed by atoms with Crippen LogP contribution in [0.25, 0.3) is 0 Å². The van der Waals surface area contributed by atoms with Gasteiger partial charge in [0, 0.05) is 12.2 Å². The second kappa shape index (κ2) is 8.95. The molecule has 2 fully saturated rings. The van der Waals surface area contributed by atoms with E-state index in [2.05, 4.69) is 15.5 Å². The van der Waals surface area contributed by atoms with Crippen LogP contribution in [0.15, 0.2) is 64.8 Å². The van der Waals surface area contributed by atoms with Crippen LogP contribution in [0.3, 0.4) is 0 Å². The number of ether oxygens (including phenoxy) is 2. The largest absolute Gasteiger partial charge is 0.348 e. The Kier molecular flexibility index (Phi) is 5.94. The zero-order valence-electron chi connectivity index (χ0n) is 15.7. The van der Waals surface area contributed by atoms with E-state index >= 15 is 0 Å². The number of urea groups is 1. The summed E-state index contributed by atoms with van der Waals surface area (Å²) in [7, 11) is 0. The van der Waals surface area contributed by atoms with Crippen molar-refractivity contribution < 1.29 is 14.3 Å². The quantitative estimate of drug-likeness (QED) is 0.770.